The van der Waals surface area contributed by atoms with Crippen molar-refractivity contribution in [3.63, 3.8) is 0 Å². The molecule has 0 rings (SSSR count). The van der Waals surface area contributed by atoms with Crippen LogP contribution in [0.5, 0.6) is 0 Å². The molecule has 0 bridgehead atoms. The molecule has 0 aliphatic heterocycles. The van der Waals surface area contributed by atoms with Gasteiger partial charge in [-0.25, -0.2) is 0 Å². The Morgan fingerprint density at radius 3 is 2.69 bits per heavy atom. The van der Waals surface area contributed by atoms with Gasteiger partial charge in [-0.05, 0) is 6.54 Å². The van der Waals surface area contributed by atoms with E-state index in [0.29, 0.717) is 19.8 Å². The fraction of sp³-hybridized carbons (Fsp3) is 0.889. The van der Waals surface area contributed by atoms with E-state index in [1.54, 1.807) is 18.9 Å². The van der Waals surface area contributed by atoms with Crippen LogP contribution in [0.15, 0.2) is 0 Å². The zero-order chi connectivity index (χ0) is 10.1. The first kappa shape index (κ1) is 12.4. The van der Waals surface area contributed by atoms with Crippen LogP contribution < -0.4 is 5.32 Å². The van der Waals surface area contributed by atoms with E-state index in [0.717, 1.165) is 13.1 Å². The van der Waals surface area contributed by atoms with Crippen molar-refractivity contribution < 1.29 is 9.53 Å². The lowest BCUT2D eigenvalue weighted by atomic mass is 10.5. The van der Waals surface area contributed by atoms with E-state index in [-0.39, 0.29) is 5.91 Å². The van der Waals surface area contributed by atoms with Crippen LogP contribution in [0.3, 0.4) is 0 Å². The van der Waals surface area contributed by atoms with Gasteiger partial charge in [-0.2, -0.15) is 0 Å². The van der Waals surface area contributed by atoms with Gasteiger partial charge in [-0.15, -0.1) is 0 Å². The Hall–Kier alpha value is -0.610. The Morgan fingerprint density at radius 1 is 1.46 bits per heavy atom. The van der Waals surface area contributed by atoms with Crippen molar-refractivity contribution in [2.45, 2.75) is 13.8 Å². The summed E-state index contributed by atoms with van der Waals surface area (Å²) in [7, 11) is 1.77. The summed E-state index contributed by atoms with van der Waals surface area (Å²) in [6.07, 6.45) is 0. The van der Waals surface area contributed by atoms with Gasteiger partial charge in [0.2, 0.25) is 5.91 Å². The Kier molecular flexibility index (Phi) is 7.63. The number of carbonyl (C=O) groups is 1. The number of likely N-dealkylation sites (N-methyl/N-ethyl adjacent to an activating group) is 2. The molecule has 13 heavy (non-hydrogen) atoms. The predicted octanol–water partition coefficient (Wildman–Crippen LogP) is 0.0908. The van der Waals surface area contributed by atoms with Crippen molar-refractivity contribution in [2.24, 2.45) is 0 Å². The van der Waals surface area contributed by atoms with Crippen LogP contribution in [0.2, 0.25) is 0 Å². The van der Waals surface area contributed by atoms with Gasteiger partial charge in [0.05, 0.1) is 13.2 Å². The van der Waals surface area contributed by atoms with Crippen LogP contribution in [-0.2, 0) is 9.53 Å². The molecular weight excluding hydrogens is 168 g/mol. The summed E-state index contributed by atoms with van der Waals surface area (Å²) >= 11 is 0. The summed E-state index contributed by atoms with van der Waals surface area (Å²) in [6, 6.07) is 0. The molecule has 4 nitrogen and oxygen atoms in total. The number of ether oxygens (including phenoxy) is 1. The minimum Gasteiger partial charge on any atom is -0.378 e. The van der Waals surface area contributed by atoms with Gasteiger partial charge in [0.15, 0.2) is 0 Å². The highest BCUT2D eigenvalue weighted by molar-refractivity contribution is 5.72. The fourth-order valence-corrected chi connectivity index (χ4v) is 0.782. The van der Waals surface area contributed by atoms with Crippen molar-refractivity contribution in [3.8, 4) is 0 Å². The average Bonchev–Trinajstić information content (AvgIpc) is 2.10. The minimum absolute atomic E-state index is 0.0790. The normalized spacial score (nSPS) is 10.1. The second-order valence-electron chi connectivity index (χ2n) is 2.91. The molecule has 0 aliphatic rings. The van der Waals surface area contributed by atoms with Gasteiger partial charge in [0.1, 0.15) is 0 Å². The van der Waals surface area contributed by atoms with Gasteiger partial charge >= 0.3 is 0 Å². The number of nitrogens with one attached hydrogen (secondary N) is 1. The van der Waals surface area contributed by atoms with Crippen LogP contribution in [-0.4, -0.2) is 50.7 Å². The SMILES string of the molecule is CCNCCOCCN(C)C(C)=O. The third-order valence-corrected chi connectivity index (χ3v) is 1.78. The van der Waals surface area contributed by atoms with Gasteiger partial charge in [-0.3, -0.25) is 4.79 Å². The third kappa shape index (κ3) is 7.74. The number of amides is 1. The van der Waals surface area contributed by atoms with E-state index in [9.17, 15) is 4.79 Å². The van der Waals surface area contributed by atoms with Crippen molar-refractivity contribution >= 4 is 5.91 Å². The first-order valence-corrected chi connectivity index (χ1v) is 4.68. The minimum atomic E-state index is 0.0790. The molecule has 0 unspecified atom stereocenters. The maximum atomic E-state index is 10.8. The van der Waals surface area contributed by atoms with E-state index in [4.69, 9.17) is 4.74 Å². The third-order valence-electron chi connectivity index (χ3n) is 1.78. The number of rotatable bonds is 7. The van der Waals surface area contributed by atoms with Crippen LogP contribution >= 0.6 is 0 Å². The highest BCUT2D eigenvalue weighted by Gasteiger charge is 1.99. The van der Waals surface area contributed by atoms with Crippen molar-refractivity contribution in [2.75, 3.05) is 39.9 Å². The number of hydrogen-bond donors (Lipinski definition) is 1. The van der Waals surface area contributed by atoms with Gasteiger partial charge in [0, 0.05) is 27.1 Å². The van der Waals surface area contributed by atoms with Crippen molar-refractivity contribution in [3.05, 3.63) is 0 Å². The smallest absolute Gasteiger partial charge is 0.219 e. The maximum Gasteiger partial charge on any atom is 0.219 e. The second kappa shape index (κ2) is 8.01. The molecule has 78 valence electrons. The van der Waals surface area contributed by atoms with Crippen molar-refractivity contribution in [1.29, 1.82) is 0 Å². The maximum absolute atomic E-state index is 10.8. The van der Waals surface area contributed by atoms with E-state index < -0.39 is 0 Å². The van der Waals surface area contributed by atoms with Crippen LogP contribution in [0.4, 0.5) is 0 Å². The quantitative estimate of drug-likeness (QED) is 0.576. The van der Waals surface area contributed by atoms with E-state index in [1.807, 2.05) is 0 Å². The zero-order valence-corrected chi connectivity index (χ0v) is 8.80. The number of hydrogen-bond acceptors (Lipinski definition) is 3. The molecule has 0 fully saturated rings. The standard InChI is InChI=1S/C9H20N2O2/c1-4-10-5-7-13-8-6-11(3)9(2)12/h10H,4-8H2,1-3H3. The molecule has 1 amide bonds. The van der Waals surface area contributed by atoms with Crippen LogP contribution in [0, 0.1) is 0 Å². The Morgan fingerprint density at radius 2 is 2.15 bits per heavy atom. The van der Waals surface area contributed by atoms with E-state index in [1.165, 1.54) is 0 Å². The molecule has 0 spiro atoms. The molecule has 0 aromatic carbocycles. The molecule has 4 heteroatoms. The number of nitrogens with zero attached hydrogens (tertiary/aromatic N) is 1. The topological polar surface area (TPSA) is 41.6 Å². The lowest BCUT2D eigenvalue weighted by Gasteiger charge is -2.14. The van der Waals surface area contributed by atoms with E-state index >= 15 is 0 Å². The monoisotopic (exact) mass is 188 g/mol. The van der Waals surface area contributed by atoms with Crippen molar-refractivity contribution in [1.82, 2.24) is 10.2 Å². The summed E-state index contributed by atoms with van der Waals surface area (Å²) in [5, 5.41) is 3.15. The van der Waals surface area contributed by atoms with Crippen LogP contribution in [0.1, 0.15) is 13.8 Å². The summed E-state index contributed by atoms with van der Waals surface area (Å²) < 4.78 is 5.30. The summed E-state index contributed by atoms with van der Waals surface area (Å²) in [5.74, 6) is 0.0790. The Bertz CT molecular complexity index is 140. The summed E-state index contributed by atoms with van der Waals surface area (Å²) in [6.45, 7) is 7.45. The predicted molar refractivity (Wildman–Crippen MR) is 52.7 cm³/mol. The largest absolute Gasteiger partial charge is 0.378 e. The first-order chi connectivity index (χ1) is 6.18. The van der Waals surface area contributed by atoms with Crippen LogP contribution in [0.25, 0.3) is 0 Å². The molecule has 0 aliphatic carbocycles. The van der Waals surface area contributed by atoms with Gasteiger partial charge < -0.3 is 15.0 Å². The lowest BCUT2D eigenvalue weighted by molar-refractivity contribution is -0.128. The number of carbonyl (C=O) groups excluding carboxylic acids is 1. The van der Waals surface area contributed by atoms with E-state index in [2.05, 4.69) is 12.2 Å². The zero-order valence-electron chi connectivity index (χ0n) is 8.80. The van der Waals surface area contributed by atoms with Gasteiger partial charge in [0.25, 0.3) is 0 Å². The Balaban J connectivity index is 3.11. The molecule has 0 atom stereocenters. The molecule has 0 saturated heterocycles. The lowest BCUT2D eigenvalue weighted by Crippen LogP contribution is -2.28. The fourth-order valence-electron chi connectivity index (χ4n) is 0.782. The Labute approximate surface area is 80.2 Å². The van der Waals surface area contributed by atoms with Gasteiger partial charge in [-0.1, -0.05) is 6.92 Å². The summed E-state index contributed by atoms with van der Waals surface area (Å²) in [5.41, 5.74) is 0. The molecule has 0 saturated carbocycles. The molecule has 0 aromatic rings. The summed E-state index contributed by atoms with van der Waals surface area (Å²) in [4.78, 5) is 12.4. The molecule has 0 radical (unpaired) electrons. The highest BCUT2D eigenvalue weighted by Crippen LogP contribution is 1.83. The molecule has 1 N–H and O–H groups in total. The first-order valence-electron chi connectivity index (χ1n) is 4.68. The molecule has 0 aromatic heterocycles. The average molecular weight is 188 g/mol. The molecular formula is C9H20N2O2. The molecule has 0 heterocycles. The highest BCUT2D eigenvalue weighted by atomic mass is 16.5. The second-order valence-corrected chi connectivity index (χ2v) is 2.91.